The molecule has 0 rings (SSSR count). The lowest BCUT2D eigenvalue weighted by molar-refractivity contribution is 0.662. The Kier molecular flexibility index (Phi) is 9.18. The van der Waals surface area contributed by atoms with E-state index in [0.717, 1.165) is 35.3 Å². The molecule has 0 aliphatic heterocycles. The van der Waals surface area contributed by atoms with E-state index < -0.39 is 0 Å². The second-order valence-corrected chi connectivity index (χ2v) is 5.31. The Balaban J connectivity index is 5.00. The summed E-state index contributed by atoms with van der Waals surface area (Å²) in [5, 5.41) is 0. The van der Waals surface area contributed by atoms with E-state index in [4.69, 9.17) is 11.5 Å². The second-order valence-electron chi connectivity index (χ2n) is 5.31. The summed E-state index contributed by atoms with van der Waals surface area (Å²) >= 11 is 0. The molecular weight excluding hydrogens is 263 g/mol. The molecule has 2 nitrogen and oxygen atoms in total. The Morgan fingerprint density at radius 1 is 1.10 bits per heavy atom. The van der Waals surface area contributed by atoms with E-state index in [9.17, 15) is 4.39 Å². The maximum absolute atomic E-state index is 13.1. The van der Waals surface area contributed by atoms with Gasteiger partial charge >= 0.3 is 0 Å². The van der Waals surface area contributed by atoms with Crippen molar-refractivity contribution in [2.75, 3.05) is 0 Å². The Morgan fingerprint density at radius 3 is 2.19 bits per heavy atom. The number of halogens is 1. The van der Waals surface area contributed by atoms with Crippen LogP contribution in [0.3, 0.4) is 0 Å². The van der Waals surface area contributed by atoms with Crippen LogP contribution in [0.2, 0.25) is 0 Å². The number of rotatable bonds is 7. The van der Waals surface area contributed by atoms with Gasteiger partial charge < -0.3 is 11.5 Å². The Morgan fingerprint density at radius 2 is 1.71 bits per heavy atom. The van der Waals surface area contributed by atoms with Gasteiger partial charge in [-0.2, -0.15) is 0 Å². The maximum atomic E-state index is 13.1. The van der Waals surface area contributed by atoms with Crippen molar-refractivity contribution in [3.05, 3.63) is 58.2 Å². The topological polar surface area (TPSA) is 52.0 Å². The zero-order chi connectivity index (χ0) is 16.4. The summed E-state index contributed by atoms with van der Waals surface area (Å²) in [4.78, 5) is 0. The van der Waals surface area contributed by atoms with Crippen LogP contribution >= 0.6 is 0 Å². The second kappa shape index (κ2) is 10.0. The van der Waals surface area contributed by atoms with E-state index >= 15 is 0 Å². The van der Waals surface area contributed by atoms with Crippen molar-refractivity contribution < 1.29 is 4.39 Å². The summed E-state index contributed by atoms with van der Waals surface area (Å²) in [7, 11) is 0. The van der Waals surface area contributed by atoms with E-state index in [2.05, 4.69) is 6.92 Å². The van der Waals surface area contributed by atoms with Gasteiger partial charge in [0.05, 0.1) is 0 Å². The van der Waals surface area contributed by atoms with Crippen LogP contribution in [0.25, 0.3) is 0 Å². The lowest BCUT2D eigenvalue weighted by Gasteiger charge is -2.07. The lowest BCUT2D eigenvalue weighted by Crippen LogP contribution is -2.03. The van der Waals surface area contributed by atoms with Gasteiger partial charge in [-0.15, -0.1) is 0 Å². The van der Waals surface area contributed by atoms with Crippen LogP contribution in [0, 0.1) is 0 Å². The monoisotopic (exact) mass is 292 g/mol. The standard InChI is InChI=1S/C18H29FN2/c1-6-8-16(15(5)20)12-18(21)14(4)10-9-13(3)11-17(19)7-2/h7,10-12H,6,8-9,20-21H2,1-5H3/b13-11-,14-10+,16-15+,17-7-,18-12-. The highest BCUT2D eigenvalue weighted by atomic mass is 19.1. The molecule has 0 radical (unpaired) electrons. The minimum atomic E-state index is -0.214. The van der Waals surface area contributed by atoms with Gasteiger partial charge in [0.1, 0.15) is 5.83 Å². The molecule has 0 aromatic carbocycles. The largest absolute Gasteiger partial charge is 0.402 e. The molecule has 0 bridgehead atoms. The first kappa shape index (κ1) is 19.2. The molecule has 0 spiro atoms. The highest BCUT2D eigenvalue weighted by molar-refractivity contribution is 5.36. The zero-order valence-corrected chi connectivity index (χ0v) is 14.0. The van der Waals surface area contributed by atoms with Crippen molar-refractivity contribution in [1.29, 1.82) is 0 Å². The molecule has 0 unspecified atom stereocenters. The van der Waals surface area contributed by atoms with Gasteiger partial charge in [-0.05, 0) is 63.8 Å². The van der Waals surface area contributed by atoms with Crippen LogP contribution < -0.4 is 11.5 Å². The van der Waals surface area contributed by atoms with Gasteiger partial charge in [-0.1, -0.05) is 31.1 Å². The molecule has 118 valence electrons. The molecular formula is C18H29FN2. The van der Waals surface area contributed by atoms with Crippen LogP contribution in [0.15, 0.2) is 58.2 Å². The van der Waals surface area contributed by atoms with Crippen LogP contribution in [0.5, 0.6) is 0 Å². The fourth-order valence-electron chi connectivity index (χ4n) is 1.76. The molecule has 0 aliphatic rings. The molecule has 0 fully saturated rings. The van der Waals surface area contributed by atoms with Gasteiger partial charge in [0, 0.05) is 11.4 Å². The molecule has 0 aromatic rings. The predicted molar refractivity (Wildman–Crippen MR) is 91.1 cm³/mol. The molecule has 4 N–H and O–H groups in total. The highest BCUT2D eigenvalue weighted by Gasteiger charge is 2.00. The SMILES string of the molecule is C/C=C(F)/C=C(/C)C/C=C(C)/C(N)=C/C(CCC)=C(\C)N. The summed E-state index contributed by atoms with van der Waals surface area (Å²) in [5.74, 6) is -0.214. The fraction of sp³-hybridized carbons (Fsp3) is 0.444. The Labute approximate surface area is 128 Å². The molecule has 0 saturated heterocycles. The van der Waals surface area contributed by atoms with Crippen molar-refractivity contribution in [3.8, 4) is 0 Å². The first-order chi connectivity index (χ1) is 9.81. The van der Waals surface area contributed by atoms with Crippen molar-refractivity contribution in [3.63, 3.8) is 0 Å². The van der Waals surface area contributed by atoms with E-state index in [0.29, 0.717) is 12.1 Å². The van der Waals surface area contributed by atoms with Crippen molar-refractivity contribution in [2.45, 2.75) is 53.9 Å². The van der Waals surface area contributed by atoms with Gasteiger partial charge in [-0.25, -0.2) is 4.39 Å². The molecule has 0 aromatic heterocycles. The summed E-state index contributed by atoms with van der Waals surface area (Å²) in [5.41, 5.74) is 16.5. The first-order valence-corrected chi connectivity index (χ1v) is 7.40. The summed E-state index contributed by atoms with van der Waals surface area (Å²) in [6.07, 6.45) is 9.56. The summed E-state index contributed by atoms with van der Waals surface area (Å²) < 4.78 is 13.1. The van der Waals surface area contributed by atoms with Crippen molar-refractivity contribution >= 4 is 0 Å². The quantitative estimate of drug-likeness (QED) is 0.647. The molecule has 3 heteroatoms. The van der Waals surface area contributed by atoms with Crippen LogP contribution in [0.4, 0.5) is 4.39 Å². The van der Waals surface area contributed by atoms with Gasteiger partial charge in [0.15, 0.2) is 0 Å². The average molecular weight is 292 g/mol. The summed E-state index contributed by atoms with van der Waals surface area (Å²) in [6, 6.07) is 0. The minimum Gasteiger partial charge on any atom is -0.402 e. The molecule has 0 atom stereocenters. The fourth-order valence-corrected chi connectivity index (χ4v) is 1.76. The number of allylic oxidation sites excluding steroid dienone is 9. The van der Waals surface area contributed by atoms with Gasteiger partial charge in [0.2, 0.25) is 0 Å². The van der Waals surface area contributed by atoms with E-state index in [1.165, 1.54) is 12.2 Å². The van der Waals surface area contributed by atoms with Gasteiger partial charge in [-0.3, -0.25) is 0 Å². The first-order valence-electron chi connectivity index (χ1n) is 7.40. The normalized spacial score (nSPS) is 16.1. The number of hydrogen-bond acceptors (Lipinski definition) is 2. The van der Waals surface area contributed by atoms with Crippen LogP contribution in [0.1, 0.15) is 53.9 Å². The maximum Gasteiger partial charge on any atom is 0.118 e. The van der Waals surface area contributed by atoms with Crippen LogP contribution in [-0.2, 0) is 0 Å². The van der Waals surface area contributed by atoms with E-state index in [1.54, 1.807) is 6.92 Å². The zero-order valence-electron chi connectivity index (χ0n) is 14.0. The highest BCUT2D eigenvalue weighted by Crippen LogP contribution is 2.16. The van der Waals surface area contributed by atoms with E-state index in [-0.39, 0.29) is 5.83 Å². The van der Waals surface area contributed by atoms with Crippen molar-refractivity contribution in [2.24, 2.45) is 11.5 Å². The molecule has 21 heavy (non-hydrogen) atoms. The van der Waals surface area contributed by atoms with Crippen molar-refractivity contribution in [1.82, 2.24) is 0 Å². The van der Waals surface area contributed by atoms with Crippen LogP contribution in [-0.4, -0.2) is 0 Å². The van der Waals surface area contributed by atoms with E-state index in [1.807, 2.05) is 32.9 Å². The third-order valence-electron chi connectivity index (χ3n) is 3.20. The molecule has 0 heterocycles. The molecule has 0 aliphatic carbocycles. The molecule has 0 amide bonds. The summed E-state index contributed by atoms with van der Waals surface area (Å²) in [6.45, 7) is 9.54. The third-order valence-corrected chi connectivity index (χ3v) is 3.20. The Bertz CT molecular complexity index is 487. The average Bonchev–Trinajstić information content (AvgIpc) is 2.43. The number of nitrogens with two attached hydrogens (primary N) is 2. The Hall–Kier alpha value is -1.77. The van der Waals surface area contributed by atoms with Gasteiger partial charge in [0.25, 0.3) is 0 Å². The predicted octanol–water partition coefficient (Wildman–Crippen LogP) is 5.02. The lowest BCUT2D eigenvalue weighted by atomic mass is 10.0. The third kappa shape index (κ3) is 8.18. The minimum absolute atomic E-state index is 0.214. The molecule has 0 saturated carbocycles. The number of hydrogen-bond donors (Lipinski definition) is 2. The smallest absolute Gasteiger partial charge is 0.118 e.